The van der Waals surface area contributed by atoms with E-state index in [1.165, 1.54) is 6.07 Å². The highest BCUT2D eigenvalue weighted by Crippen LogP contribution is 2.27. The fourth-order valence-corrected chi connectivity index (χ4v) is 2.33. The Bertz CT molecular complexity index is 1010. The zero-order valence-electron chi connectivity index (χ0n) is 12.8. The number of nitrogen functional groups attached to an aromatic ring is 2. The molecule has 2 aromatic heterocycles. The second-order valence-electron chi connectivity index (χ2n) is 5.09. The summed E-state index contributed by atoms with van der Waals surface area (Å²) < 4.78 is 0. The maximum Gasteiger partial charge on any atom is 0.354 e. The summed E-state index contributed by atoms with van der Waals surface area (Å²) in [5.41, 5.74) is 13.7. The Labute approximate surface area is 142 Å². The molecule has 0 aliphatic rings. The molecule has 0 aliphatic carbocycles. The van der Waals surface area contributed by atoms with Gasteiger partial charge in [-0.2, -0.15) is 10.2 Å². The molecule has 0 saturated heterocycles. The topological polar surface area (TPSA) is 152 Å². The predicted molar refractivity (Wildman–Crippen MR) is 91.2 cm³/mol. The van der Waals surface area contributed by atoms with Crippen LogP contribution in [0.4, 0.5) is 11.8 Å². The van der Waals surface area contributed by atoms with E-state index in [1.807, 2.05) is 6.07 Å². The molecule has 1 aromatic carbocycles. The standard InChI is InChI=1S/C17H12N6O2/c18-8-11-14(22-17(20)23-15(11)19)10-6-4-9(5-7-10)12-2-1-3-13(21-12)16(24)25/h1-7H,(H,24,25)(H4,19,20,22,23). The van der Waals surface area contributed by atoms with Crippen molar-refractivity contribution in [2.45, 2.75) is 0 Å². The van der Waals surface area contributed by atoms with Crippen LogP contribution in [0.5, 0.6) is 0 Å². The SMILES string of the molecule is N#Cc1c(N)nc(N)nc1-c1ccc(-c2cccc(C(=O)O)n2)cc1. The number of aromatic nitrogens is 3. The molecule has 0 aliphatic heterocycles. The molecule has 0 bridgehead atoms. The molecular formula is C17H12N6O2. The first-order chi connectivity index (χ1) is 12.0. The third-order valence-electron chi connectivity index (χ3n) is 3.49. The fourth-order valence-electron chi connectivity index (χ4n) is 2.33. The van der Waals surface area contributed by atoms with E-state index in [1.54, 1.807) is 36.4 Å². The van der Waals surface area contributed by atoms with E-state index < -0.39 is 5.97 Å². The van der Waals surface area contributed by atoms with Gasteiger partial charge < -0.3 is 16.6 Å². The molecule has 122 valence electrons. The van der Waals surface area contributed by atoms with E-state index in [9.17, 15) is 10.1 Å². The van der Waals surface area contributed by atoms with Gasteiger partial charge in [0, 0.05) is 11.1 Å². The van der Waals surface area contributed by atoms with Crippen molar-refractivity contribution in [2.75, 3.05) is 11.5 Å². The molecule has 3 rings (SSSR count). The van der Waals surface area contributed by atoms with Crippen molar-refractivity contribution >= 4 is 17.7 Å². The van der Waals surface area contributed by atoms with Crippen LogP contribution in [-0.4, -0.2) is 26.0 Å². The molecule has 25 heavy (non-hydrogen) atoms. The molecule has 2 heterocycles. The Balaban J connectivity index is 2.03. The average Bonchev–Trinajstić information content (AvgIpc) is 2.61. The van der Waals surface area contributed by atoms with Gasteiger partial charge in [-0.05, 0) is 12.1 Å². The summed E-state index contributed by atoms with van der Waals surface area (Å²) >= 11 is 0. The number of carboxylic acids is 1. The van der Waals surface area contributed by atoms with E-state index in [4.69, 9.17) is 16.6 Å². The van der Waals surface area contributed by atoms with Gasteiger partial charge >= 0.3 is 5.97 Å². The summed E-state index contributed by atoms with van der Waals surface area (Å²) in [6.07, 6.45) is 0. The largest absolute Gasteiger partial charge is 0.477 e. The summed E-state index contributed by atoms with van der Waals surface area (Å²) in [4.78, 5) is 23.0. The van der Waals surface area contributed by atoms with Crippen molar-refractivity contribution in [1.82, 2.24) is 15.0 Å². The van der Waals surface area contributed by atoms with Crippen LogP contribution in [0, 0.1) is 11.3 Å². The van der Waals surface area contributed by atoms with Gasteiger partial charge in [0.05, 0.1) is 11.4 Å². The van der Waals surface area contributed by atoms with Crippen LogP contribution in [0.2, 0.25) is 0 Å². The first-order valence-corrected chi connectivity index (χ1v) is 7.14. The van der Waals surface area contributed by atoms with Crippen molar-refractivity contribution in [3.05, 3.63) is 53.7 Å². The summed E-state index contributed by atoms with van der Waals surface area (Å²) in [5.74, 6) is -1.10. The predicted octanol–water partition coefficient (Wildman–Crippen LogP) is 1.94. The molecule has 0 radical (unpaired) electrons. The normalized spacial score (nSPS) is 10.2. The average molecular weight is 332 g/mol. The number of hydrogen-bond donors (Lipinski definition) is 3. The zero-order valence-corrected chi connectivity index (χ0v) is 12.8. The maximum atomic E-state index is 11.0. The molecule has 0 atom stereocenters. The zero-order chi connectivity index (χ0) is 18.0. The van der Waals surface area contributed by atoms with Gasteiger partial charge in [0.15, 0.2) is 0 Å². The van der Waals surface area contributed by atoms with E-state index in [2.05, 4.69) is 15.0 Å². The van der Waals surface area contributed by atoms with E-state index in [-0.39, 0.29) is 23.0 Å². The molecule has 0 unspecified atom stereocenters. The highest BCUT2D eigenvalue weighted by atomic mass is 16.4. The van der Waals surface area contributed by atoms with Gasteiger partial charge in [-0.25, -0.2) is 14.8 Å². The first kappa shape index (κ1) is 15.9. The Kier molecular flexibility index (Phi) is 3.97. The summed E-state index contributed by atoms with van der Waals surface area (Å²) in [6.45, 7) is 0. The summed E-state index contributed by atoms with van der Waals surface area (Å²) in [7, 11) is 0. The van der Waals surface area contributed by atoms with Crippen LogP contribution in [0.15, 0.2) is 42.5 Å². The van der Waals surface area contributed by atoms with Crippen molar-refractivity contribution < 1.29 is 9.90 Å². The molecule has 0 amide bonds. The van der Waals surface area contributed by atoms with Crippen LogP contribution >= 0.6 is 0 Å². The monoisotopic (exact) mass is 332 g/mol. The Morgan fingerprint density at radius 3 is 2.32 bits per heavy atom. The van der Waals surface area contributed by atoms with Crippen molar-refractivity contribution in [3.8, 4) is 28.6 Å². The maximum absolute atomic E-state index is 11.0. The molecule has 0 fully saturated rings. The minimum Gasteiger partial charge on any atom is -0.477 e. The van der Waals surface area contributed by atoms with Crippen LogP contribution in [0.1, 0.15) is 16.1 Å². The fraction of sp³-hybridized carbons (Fsp3) is 0. The van der Waals surface area contributed by atoms with E-state index >= 15 is 0 Å². The highest BCUT2D eigenvalue weighted by Gasteiger charge is 2.13. The quantitative estimate of drug-likeness (QED) is 0.658. The number of aromatic carboxylic acids is 1. The lowest BCUT2D eigenvalue weighted by molar-refractivity contribution is 0.0690. The number of carbonyl (C=O) groups is 1. The highest BCUT2D eigenvalue weighted by molar-refractivity contribution is 5.86. The number of anilines is 2. The second kappa shape index (κ2) is 6.25. The Morgan fingerprint density at radius 2 is 1.68 bits per heavy atom. The summed E-state index contributed by atoms with van der Waals surface area (Å²) in [6, 6.07) is 13.7. The minimum absolute atomic E-state index is 0.0184. The van der Waals surface area contributed by atoms with Crippen LogP contribution in [0.25, 0.3) is 22.5 Å². The lowest BCUT2D eigenvalue weighted by Crippen LogP contribution is -2.05. The van der Waals surface area contributed by atoms with Gasteiger partial charge in [0.1, 0.15) is 23.1 Å². The third-order valence-corrected chi connectivity index (χ3v) is 3.49. The number of pyridine rings is 1. The molecule has 8 heteroatoms. The summed E-state index contributed by atoms with van der Waals surface area (Å²) in [5, 5.41) is 18.3. The molecule has 5 N–H and O–H groups in total. The van der Waals surface area contributed by atoms with Gasteiger partial charge in [-0.3, -0.25) is 0 Å². The second-order valence-corrected chi connectivity index (χ2v) is 5.09. The number of hydrogen-bond acceptors (Lipinski definition) is 7. The van der Waals surface area contributed by atoms with Crippen LogP contribution in [-0.2, 0) is 0 Å². The Morgan fingerprint density at radius 1 is 1.00 bits per heavy atom. The number of rotatable bonds is 3. The van der Waals surface area contributed by atoms with Gasteiger partial charge in [0.2, 0.25) is 5.95 Å². The molecule has 0 spiro atoms. The lowest BCUT2D eigenvalue weighted by atomic mass is 10.0. The van der Waals surface area contributed by atoms with Crippen molar-refractivity contribution in [2.24, 2.45) is 0 Å². The molecule has 3 aromatic rings. The number of nitrogens with two attached hydrogens (primary N) is 2. The van der Waals surface area contributed by atoms with Gasteiger partial charge in [0.25, 0.3) is 0 Å². The smallest absolute Gasteiger partial charge is 0.354 e. The number of nitrogens with zero attached hydrogens (tertiary/aromatic N) is 4. The lowest BCUT2D eigenvalue weighted by Gasteiger charge is -2.08. The number of benzene rings is 1. The minimum atomic E-state index is -1.09. The van der Waals surface area contributed by atoms with Crippen molar-refractivity contribution in [3.63, 3.8) is 0 Å². The Hall–Kier alpha value is -3.99. The molecule has 0 saturated carbocycles. The van der Waals surface area contributed by atoms with Gasteiger partial charge in [-0.1, -0.05) is 30.3 Å². The first-order valence-electron chi connectivity index (χ1n) is 7.14. The van der Waals surface area contributed by atoms with Crippen LogP contribution < -0.4 is 11.5 Å². The van der Waals surface area contributed by atoms with E-state index in [0.29, 0.717) is 17.0 Å². The van der Waals surface area contributed by atoms with Crippen molar-refractivity contribution in [1.29, 1.82) is 5.26 Å². The van der Waals surface area contributed by atoms with E-state index in [0.717, 1.165) is 5.56 Å². The third kappa shape index (κ3) is 3.07. The number of nitriles is 1. The van der Waals surface area contributed by atoms with Crippen LogP contribution in [0.3, 0.4) is 0 Å². The van der Waals surface area contributed by atoms with Gasteiger partial charge in [-0.15, -0.1) is 0 Å². The number of carboxylic acid groups (broad SMARTS) is 1. The molecular weight excluding hydrogens is 320 g/mol. The molecule has 8 nitrogen and oxygen atoms in total.